The quantitative estimate of drug-likeness (QED) is 0.251. The number of esters is 1. The van der Waals surface area contributed by atoms with Crippen LogP contribution in [0.25, 0.3) is 0 Å². The zero-order valence-corrected chi connectivity index (χ0v) is 22.8. The van der Waals surface area contributed by atoms with Crippen molar-refractivity contribution in [3.8, 4) is 0 Å². The zero-order chi connectivity index (χ0) is 28.6. The van der Waals surface area contributed by atoms with Crippen molar-refractivity contribution in [1.82, 2.24) is 5.32 Å². The molecule has 0 bridgehead atoms. The number of benzene rings is 3. The van der Waals surface area contributed by atoms with Crippen LogP contribution in [0.1, 0.15) is 34.0 Å². The van der Waals surface area contributed by atoms with Crippen LogP contribution in [0.3, 0.4) is 0 Å². The molecule has 0 aromatic heterocycles. The van der Waals surface area contributed by atoms with Gasteiger partial charge in [-0.1, -0.05) is 53.5 Å². The smallest absolute Gasteiger partial charge is 0.418 e. The van der Waals surface area contributed by atoms with Gasteiger partial charge in [0.1, 0.15) is 6.04 Å². The third-order valence-corrected chi connectivity index (χ3v) is 6.56. The van der Waals surface area contributed by atoms with Crippen molar-refractivity contribution >= 4 is 58.4 Å². The van der Waals surface area contributed by atoms with Gasteiger partial charge >= 0.3 is 12.1 Å². The molecule has 0 spiro atoms. The summed E-state index contributed by atoms with van der Waals surface area (Å²) in [6, 6.07) is 15.6. The van der Waals surface area contributed by atoms with Crippen molar-refractivity contribution in [2.75, 3.05) is 17.3 Å². The van der Waals surface area contributed by atoms with E-state index in [9.17, 15) is 27.6 Å². The van der Waals surface area contributed by atoms with E-state index in [1.807, 2.05) is 6.26 Å². The van der Waals surface area contributed by atoms with Crippen LogP contribution in [0.5, 0.6) is 0 Å². The Kier molecular flexibility index (Phi) is 10.7. The van der Waals surface area contributed by atoms with E-state index >= 15 is 0 Å². The molecule has 0 heterocycles. The molecule has 0 aliphatic rings. The predicted molar refractivity (Wildman–Crippen MR) is 146 cm³/mol. The van der Waals surface area contributed by atoms with E-state index < -0.39 is 47.4 Å². The standard InChI is InChI=1S/C27H23Cl2F3N2O4S/c1-39-14-13-22(34-24(35)17-7-9-18(28)10-8-17)26(37)38-23(16-5-3-2-4-6-16)25(36)33-21-12-11-19(29)15-20(21)27(30,31)32/h2-12,15,22-23H,13-14H2,1H3,(H,33,36)(H,34,35)/t22-,23+/m0/s1. The Morgan fingerprint density at radius 3 is 2.21 bits per heavy atom. The lowest BCUT2D eigenvalue weighted by Crippen LogP contribution is -2.43. The first kappa shape index (κ1) is 30.3. The van der Waals surface area contributed by atoms with Gasteiger partial charge < -0.3 is 15.4 Å². The number of thioether (sulfide) groups is 1. The Morgan fingerprint density at radius 1 is 0.949 bits per heavy atom. The topological polar surface area (TPSA) is 84.5 Å². The van der Waals surface area contributed by atoms with Crippen LogP contribution in [0.15, 0.2) is 72.8 Å². The largest absolute Gasteiger partial charge is 0.446 e. The summed E-state index contributed by atoms with van der Waals surface area (Å²) >= 11 is 13.0. The molecule has 2 amide bonds. The second kappa shape index (κ2) is 13.7. The van der Waals surface area contributed by atoms with Crippen LogP contribution in [0.4, 0.5) is 18.9 Å². The van der Waals surface area contributed by atoms with E-state index in [-0.39, 0.29) is 22.6 Å². The molecular formula is C27H23Cl2F3N2O4S. The molecule has 6 nitrogen and oxygen atoms in total. The molecule has 12 heteroatoms. The van der Waals surface area contributed by atoms with Crippen LogP contribution in [0.2, 0.25) is 10.0 Å². The fourth-order valence-corrected chi connectivity index (χ4v) is 4.25. The van der Waals surface area contributed by atoms with Gasteiger partial charge in [-0.2, -0.15) is 24.9 Å². The van der Waals surface area contributed by atoms with Crippen molar-refractivity contribution in [2.24, 2.45) is 0 Å². The molecule has 2 atom stereocenters. The number of halogens is 5. The number of carbonyl (C=O) groups excluding carboxylic acids is 3. The molecule has 0 aliphatic heterocycles. The lowest BCUT2D eigenvalue weighted by Gasteiger charge is -2.23. The SMILES string of the molecule is CSCC[C@H](NC(=O)c1ccc(Cl)cc1)C(=O)O[C@@H](C(=O)Nc1ccc(Cl)cc1C(F)(F)F)c1ccccc1. The van der Waals surface area contributed by atoms with E-state index in [0.717, 1.165) is 6.07 Å². The third-order valence-electron chi connectivity index (χ3n) is 5.43. The Morgan fingerprint density at radius 2 is 1.59 bits per heavy atom. The average molecular weight is 599 g/mol. The van der Waals surface area contributed by atoms with Gasteiger partial charge in [0.25, 0.3) is 11.8 Å². The Bertz CT molecular complexity index is 1310. The minimum absolute atomic E-state index is 0.167. The van der Waals surface area contributed by atoms with E-state index in [2.05, 4.69) is 10.6 Å². The van der Waals surface area contributed by atoms with Gasteiger partial charge in [0, 0.05) is 21.2 Å². The second-order valence-electron chi connectivity index (χ2n) is 8.22. The lowest BCUT2D eigenvalue weighted by atomic mass is 10.1. The molecule has 0 saturated heterocycles. The van der Waals surface area contributed by atoms with Crippen LogP contribution >= 0.6 is 35.0 Å². The number of hydrogen-bond donors (Lipinski definition) is 2. The summed E-state index contributed by atoms with van der Waals surface area (Å²) in [6.45, 7) is 0. The van der Waals surface area contributed by atoms with Crippen molar-refractivity contribution in [3.63, 3.8) is 0 Å². The highest BCUT2D eigenvalue weighted by Gasteiger charge is 2.36. The number of alkyl halides is 3. The van der Waals surface area contributed by atoms with Crippen molar-refractivity contribution < 1.29 is 32.3 Å². The molecule has 3 aromatic rings. The summed E-state index contributed by atoms with van der Waals surface area (Å²) in [5.41, 5.74) is -1.24. The number of ether oxygens (including phenoxy) is 1. The van der Waals surface area contributed by atoms with Crippen LogP contribution in [-0.4, -0.2) is 35.8 Å². The first-order valence-electron chi connectivity index (χ1n) is 11.5. The minimum atomic E-state index is -4.80. The second-order valence-corrected chi connectivity index (χ2v) is 10.1. The molecule has 0 unspecified atom stereocenters. The number of carbonyl (C=O) groups is 3. The lowest BCUT2D eigenvalue weighted by molar-refractivity contribution is -0.156. The molecule has 0 saturated carbocycles. The molecule has 206 valence electrons. The fraction of sp³-hybridized carbons (Fsp3) is 0.222. The Balaban J connectivity index is 1.87. The summed E-state index contributed by atoms with van der Waals surface area (Å²) in [5.74, 6) is -2.04. The molecule has 0 radical (unpaired) electrons. The van der Waals surface area contributed by atoms with Gasteiger partial charge in [0.05, 0.1) is 11.3 Å². The molecule has 0 fully saturated rings. The van der Waals surface area contributed by atoms with Crippen molar-refractivity contribution in [3.05, 3.63) is 99.5 Å². The molecule has 2 N–H and O–H groups in total. The van der Waals surface area contributed by atoms with Crippen LogP contribution < -0.4 is 10.6 Å². The summed E-state index contributed by atoms with van der Waals surface area (Å²) in [7, 11) is 0. The predicted octanol–water partition coefficient (Wildman–Crippen LogP) is 6.79. The van der Waals surface area contributed by atoms with E-state index in [1.54, 1.807) is 18.2 Å². The highest BCUT2D eigenvalue weighted by Crippen LogP contribution is 2.37. The van der Waals surface area contributed by atoms with Gasteiger partial charge in [-0.15, -0.1) is 0 Å². The van der Waals surface area contributed by atoms with Gasteiger partial charge in [-0.25, -0.2) is 4.79 Å². The Hall–Kier alpha value is -3.21. The maximum absolute atomic E-state index is 13.6. The van der Waals surface area contributed by atoms with Crippen molar-refractivity contribution in [2.45, 2.75) is 24.7 Å². The first-order chi connectivity index (χ1) is 18.5. The van der Waals surface area contributed by atoms with Gasteiger partial charge in [-0.3, -0.25) is 9.59 Å². The van der Waals surface area contributed by atoms with Gasteiger partial charge in [0.15, 0.2) is 0 Å². The summed E-state index contributed by atoms with van der Waals surface area (Å²) < 4.78 is 46.3. The third kappa shape index (κ3) is 8.64. The zero-order valence-electron chi connectivity index (χ0n) is 20.4. The minimum Gasteiger partial charge on any atom is -0.446 e. The number of nitrogens with one attached hydrogen (secondary N) is 2. The normalized spacial score (nSPS) is 12.8. The first-order valence-corrected chi connectivity index (χ1v) is 13.6. The number of anilines is 1. The molecule has 3 aromatic carbocycles. The highest BCUT2D eigenvalue weighted by atomic mass is 35.5. The average Bonchev–Trinajstić information content (AvgIpc) is 2.90. The maximum Gasteiger partial charge on any atom is 0.418 e. The van der Waals surface area contributed by atoms with Gasteiger partial charge in [0.2, 0.25) is 6.10 Å². The Labute approximate surface area is 237 Å². The summed E-state index contributed by atoms with van der Waals surface area (Å²) in [4.78, 5) is 39.2. The molecular weight excluding hydrogens is 576 g/mol. The summed E-state index contributed by atoms with van der Waals surface area (Å²) in [6.07, 6.45) is -4.42. The summed E-state index contributed by atoms with van der Waals surface area (Å²) in [5, 5.41) is 5.07. The van der Waals surface area contributed by atoms with E-state index in [4.69, 9.17) is 27.9 Å². The van der Waals surface area contributed by atoms with E-state index in [0.29, 0.717) is 16.8 Å². The van der Waals surface area contributed by atoms with Crippen LogP contribution in [0, 0.1) is 0 Å². The fourth-order valence-electron chi connectivity index (χ4n) is 3.48. The van der Waals surface area contributed by atoms with Crippen LogP contribution in [-0.2, 0) is 20.5 Å². The molecule has 0 aliphatic carbocycles. The number of hydrogen-bond acceptors (Lipinski definition) is 5. The van der Waals surface area contributed by atoms with Crippen molar-refractivity contribution in [1.29, 1.82) is 0 Å². The number of rotatable bonds is 10. The number of amides is 2. The monoisotopic (exact) mass is 598 g/mol. The molecule has 39 heavy (non-hydrogen) atoms. The van der Waals surface area contributed by atoms with E-state index in [1.165, 1.54) is 54.2 Å². The maximum atomic E-state index is 13.6. The highest BCUT2D eigenvalue weighted by molar-refractivity contribution is 7.98. The molecule has 3 rings (SSSR count). The van der Waals surface area contributed by atoms with Gasteiger partial charge in [-0.05, 0) is 60.9 Å².